The molecule has 30 heavy (non-hydrogen) atoms. The lowest BCUT2D eigenvalue weighted by molar-refractivity contribution is -0.140. The van der Waals surface area contributed by atoms with Crippen molar-refractivity contribution in [1.29, 1.82) is 0 Å². The van der Waals surface area contributed by atoms with Gasteiger partial charge in [-0.2, -0.15) is 0 Å². The number of piperidine rings is 1. The molecule has 5 heteroatoms. The van der Waals surface area contributed by atoms with Crippen molar-refractivity contribution in [2.45, 2.75) is 51.1 Å². The van der Waals surface area contributed by atoms with Crippen LogP contribution < -0.4 is 4.90 Å². The molecule has 1 amide bonds. The summed E-state index contributed by atoms with van der Waals surface area (Å²) in [5.74, 6) is -0.183. The molecule has 5 nitrogen and oxygen atoms in total. The zero-order chi connectivity index (χ0) is 21.3. The molecule has 0 saturated carbocycles. The van der Waals surface area contributed by atoms with Gasteiger partial charge in [-0.05, 0) is 43.9 Å². The minimum Gasteiger partial charge on any atom is -0.469 e. The number of rotatable bonds is 8. The van der Waals surface area contributed by atoms with Crippen LogP contribution in [0.3, 0.4) is 0 Å². The summed E-state index contributed by atoms with van der Waals surface area (Å²) in [6, 6.07) is 21.0. The van der Waals surface area contributed by atoms with Crippen LogP contribution in [0, 0.1) is 0 Å². The third-order valence-electron chi connectivity index (χ3n) is 6.00. The van der Waals surface area contributed by atoms with Gasteiger partial charge in [0.1, 0.15) is 0 Å². The van der Waals surface area contributed by atoms with Gasteiger partial charge in [0, 0.05) is 43.7 Å². The monoisotopic (exact) mass is 408 g/mol. The van der Waals surface area contributed by atoms with Gasteiger partial charge < -0.3 is 9.64 Å². The molecule has 1 aliphatic heterocycles. The summed E-state index contributed by atoms with van der Waals surface area (Å²) in [5, 5.41) is 0. The van der Waals surface area contributed by atoms with E-state index in [4.69, 9.17) is 4.74 Å². The fraction of sp³-hybridized carbons (Fsp3) is 0.440. The van der Waals surface area contributed by atoms with E-state index in [1.807, 2.05) is 41.3 Å². The van der Waals surface area contributed by atoms with E-state index in [1.165, 1.54) is 12.7 Å². The van der Waals surface area contributed by atoms with Gasteiger partial charge in [0.25, 0.3) is 0 Å². The first-order valence-electron chi connectivity index (χ1n) is 10.8. The van der Waals surface area contributed by atoms with E-state index in [9.17, 15) is 9.59 Å². The standard InChI is InChI=1S/C25H32N2O3/c1-20(21-10-5-3-6-11-21)26-18-16-23(17-19-26)27(22-12-7-4-8-13-22)24(28)14-9-15-25(29)30-2/h3-8,10-13,20,23H,9,14-19H2,1-2H3. The number of likely N-dealkylation sites (tertiary alicyclic amines) is 1. The zero-order valence-electron chi connectivity index (χ0n) is 18.0. The Morgan fingerprint density at radius 3 is 2.20 bits per heavy atom. The number of amides is 1. The normalized spacial score (nSPS) is 16.1. The van der Waals surface area contributed by atoms with Gasteiger partial charge in [0.05, 0.1) is 7.11 Å². The predicted molar refractivity (Wildman–Crippen MR) is 119 cm³/mol. The Morgan fingerprint density at radius 1 is 1.00 bits per heavy atom. The number of esters is 1. The number of nitrogens with zero attached hydrogens (tertiary/aromatic N) is 2. The van der Waals surface area contributed by atoms with Gasteiger partial charge in [0.15, 0.2) is 0 Å². The second-order valence-corrected chi connectivity index (χ2v) is 7.88. The van der Waals surface area contributed by atoms with Gasteiger partial charge in [-0.25, -0.2) is 0 Å². The number of anilines is 1. The van der Waals surface area contributed by atoms with E-state index in [0.29, 0.717) is 18.9 Å². The number of carbonyl (C=O) groups is 2. The lowest BCUT2D eigenvalue weighted by Gasteiger charge is -2.41. The van der Waals surface area contributed by atoms with Gasteiger partial charge in [0.2, 0.25) is 5.91 Å². The average Bonchev–Trinajstić information content (AvgIpc) is 2.80. The fourth-order valence-corrected chi connectivity index (χ4v) is 4.23. The van der Waals surface area contributed by atoms with Crippen LogP contribution in [0.1, 0.15) is 50.6 Å². The smallest absolute Gasteiger partial charge is 0.305 e. The van der Waals surface area contributed by atoms with Crippen LogP contribution in [-0.2, 0) is 14.3 Å². The summed E-state index contributed by atoms with van der Waals surface area (Å²) in [4.78, 5) is 29.0. The summed E-state index contributed by atoms with van der Waals surface area (Å²) < 4.78 is 4.69. The number of benzene rings is 2. The molecule has 2 aromatic rings. The Balaban J connectivity index is 1.65. The molecule has 1 fully saturated rings. The van der Waals surface area contributed by atoms with Crippen molar-refractivity contribution >= 4 is 17.6 Å². The third-order valence-corrected chi connectivity index (χ3v) is 6.00. The Labute approximate surface area is 179 Å². The Hall–Kier alpha value is -2.66. The molecule has 0 spiro atoms. The van der Waals surface area contributed by atoms with E-state index in [-0.39, 0.29) is 24.3 Å². The van der Waals surface area contributed by atoms with E-state index in [1.54, 1.807) is 0 Å². The summed E-state index contributed by atoms with van der Waals surface area (Å²) in [6.07, 6.45) is 3.02. The Kier molecular flexibility index (Phi) is 8.03. The summed E-state index contributed by atoms with van der Waals surface area (Å²) >= 11 is 0. The Morgan fingerprint density at radius 2 is 1.60 bits per heavy atom. The minimum absolute atomic E-state index is 0.0830. The number of ether oxygens (including phenoxy) is 1. The van der Waals surface area contributed by atoms with Crippen molar-refractivity contribution in [3.63, 3.8) is 0 Å². The van der Waals surface area contributed by atoms with Crippen molar-refractivity contribution in [1.82, 2.24) is 4.90 Å². The van der Waals surface area contributed by atoms with E-state index in [2.05, 4.69) is 36.1 Å². The van der Waals surface area contributed by atoms with Crippen molar-refractivity contribution in [3.8, 4) is 0 Å². The van der Waals surface area contributed by atoms with Gasteiger partial charge in [-0.3, -0.25) is 14.5 Å². The molecular weight excluding hydrogens is 376 g/mol. The highest BCUT2D eigenvalue weighted by Crippen LogP contribution is 2.29. The maximum absolute atomic E-state index is 13.1. The second-order valence-electron chi connectivity index (χ2n) is 7.88. The average molecular weight is 409 g/mol. The second kappa shape index (κ2) is 10.9. The van der Waals surface area contributed by atoms with Crippen molar-refractivity contribution in [2.24, 2.45) is 0 Å². The van der Waals surface area contributed by atoms with Crippen LogP contribution >= 0.6 is 0 Å². The van der Waals surface area contributed by atoms with Crippen LogP contribution in [0.5, 0.6) is 0 Å². The number of hydrogen-bond acceptors (Lipinski definition) is 4. The van der Waals surface area contributed by atoms with Crippen LogP contribution in [-0.4, -0.2) is 43.0 Å². The van der Waals surface area contributed by atoms with Crippen molar-refractivity contribution in [3.05, 3.63) is 66.2 Å². The van der Waals surface area contributed by atoms with Crippen molar-refractivity contribution in [2.75, 3.05) is 25.1 Å². The largest absolute Gasteiger partial charge is 0.469 e. The maximum atomic E-state index is 13.1. The van der Waals surface area contributed by atoms with Crippen LogP contribution in [0.15, 0.2) is 60.7 Å². The minimum atomic E-state index is -0.266. The molecule has 1 atom stereocenters. The predicted octanol–water partition coefficient (Wildman–Crippen LogP) is 4.59. The highest BCUT2D eigenvalue weighted by atomic mass is 16.5. The molecule has 0 radical (unpaired) electrons. The van der Waals surface area contributed by atoms with Crippen LogP contribution in [0.4, 0.5) is 5.69 Å². The molecule has 1 aliphatic rings. The molecule has 1 heterocycles. The van der Waals surface area contributed by atoms with Crippen molar-refractivity contribution < 1.29 is 14.3 Å². The van der Waals surface area contributed by atoms with Crippen LogP contribution in [0.2, 0.25) is 0 Å². The van der Waals surface area contributed by atoms with E-state index < -0.39 is 0 Å². The molecule has 0 aromatic heterocycles. The SMILES string of the molecule is COC(=O)CCCC(=O)N(c1ccccc1)C1CCN(C(C)c2ccccc2)CC1. The number of para-hydroxylation sites is 1. The van der Waals surface area contributed by atoms with Gasteiger partial charge in [-0.15, -0.1) is 0 Å². The molecule has 0 aliphatic carbocycles. The van der Waals surface area contributed by atoms with Gasteiger partial charge in [-0.1, -0.05) is 48.5 Å². The van der Waals surface area contributed by atoms with Crippen LogP contribution in [0.25, 0.3) is 0 Å². The zero-order valence-corrected chi connectivity index (χ0v) is 18.0. The molecule has 0 bridgehead atoms. The lowest BCUT2D eigenvalue weighted by Crippen LogP contribution is -2.48. The first-order valence-corrected chi connectivity index (χ1v) is 10.8. The summed E-state index contributed by atoms with van der Waals surface area (Å²) in [7, 11) is 1.38. The van der Waals surface area contributed by atoms with E-state index >= 15 is 0 Å². The lowest BCUT2D eigenvalue weighted by atomic mass is 9.98. The number of methoxy groups -OCH3 is 1. The molecule has 1 saturated heterocycles. The first-order chi connectivity index (χ1) is 14.6. The topological polar surface area (TPSA) is 49.9 Å². The third kappa shape index (κ3) is 5.70. The fourth-order valence-electron chi connectivity index (χ4n) is 4.23. The highest BCUT2D eigenvalue weighted by Gasteiger charge is 2.30. The molecule has 0 N–H and O–H groups in total. The quantitative estimate of drug-likeness (QED) is 0.600. The molecule has 3 rings (SSSR count). The first kappa shape index (κ1) is 22.0. The van der Waals surface area contributed by atoms with E-state index in [0.717, 1.165) is 31.6 Å². The molecule has 1 unspecified atom stereocenters. The highest BCUT2D eigenvalue weighted by molar-refractivity contribution is 5.94. The summed E-state index contributed by atoms with van der Waals surface area (Å²) in [5.41, 5.74) is 2.27. The van der Waals surface area contributed by atoms with Gasteiger partial charge >= 0.3 is 5.97 Å². The summed E-state index contributed by atoms with van der Waals surface area (Å²) in [6.45, 7) is 4.17. The number of hydrogen-bond donors (Lipinski definition) is 0. The maximum Gasteiger partial charge on any atom is 0.305 e. The molecular formula is C25H32N2O3. The number of carbonyl (C=O) groups excluding carboxylic acids is 2. The Bertz CT molecular complexity index is 802. The molecule has 160 valence electrons. The molecule has 2 aromatic carbocycles.